The second kappa shape index (κ2) is 5.25. The summed E-state index contributed by atoms with van der Waals surface area (Å²) >= 11 is 3.20. The average Bonchev–Trinajstić information content (AvgIpc) is 2.87. The van der Waals surface area contributed by atoms with Crippen LogP contribution in [-0.4, -0.2) is 5.11 Å². The minimum Gasteiger partial charge on any atom is -0.386 e. The van der Waals surface area contributed by atoms with Crippen LogP contribution < -0.4 is 0 Å². The SMILES string of the molecule is N#CC1(C(O)c2ccc(Br)cc2F)CCc2ccccc21. The zero-order chi connectivity index (χ0) is 15.0. The summed E-state index contributed by atoms with van der Waals surface area (Å²) in [5.74, 6) is -0.504. The summed E-state index contributed by atoms with van der Waals surface area (Å²) in [6.45, 7) is 0. The number of aliphatic hydroxyl groups excluding tert-OH is 1. The van der Waals surface area contributed by atoms with E-state index < -0.39 is 17.3 Å². The molecular formula is C17H13BrFNO. The van der Waals surface area contributed by atoms with Gasteiger partial charge in [-0.25, -0.2) is 4.39 Å². The van der Waals surface area contributed by atoms with Crippen molar-refractivity contribution in [1.29, 1.82) is 5.26 Å². The van der Waals surface area contributed by atoms with Gasteiger partial charge in [0.25, 0.3) is 0 Å². The average molecular weight is 346 g/mol. The van der Waals surface area contributed by atoms with Gasteiger partial charge in [-0.2, -0.15) is 5.26 Å². The van der Waals surface area contributed by atoms with Gasteiger partial charge >= 0.3 is 0 Å². The van der Waals surface area contributed by atoms with E-state index in [1.54, 1.807) is 6.07 Å². The number of rotatable bonds is 2. The van der Waals surface area contributed by atoms with E-state index in [0.29, 0.717) is 10.9 Å². The van der Waals surface area contributed by atoms with Crippen molar-refractivity contribution in [3.63, 3.8) is 0 Å². The Morgan fingerprint density at radius 1 is 1.29 bits per heavy atom. The minimum absolute atomic E-state index is 0.163. The lowest BCUT2D eigenvalue weighted by molar-refractivity contribution is 0.107. The Bertz CT molecular complexity index is 740. The second-order valence-corrected chi connectivity index (χ2v) is 6.22. The van der Waals surface area contributed by atoms with Crippen LogP contribution in [0.2, 0.25) is 0 Å². The molecule has 0 saturated carbocycles. The number of nitriles is 1. The first-order chi connectivity index (χ1) is 10.1. The molecule has 21 heavy (non-hydrogen) atoms. The summed E-state index contributed by atoms with van der Waals surface area (Å²) in [6, 6.07) is 14.3. The molecule has 0 fully saturated rings. The van der Waals surface area contributed by atoms with Gasteiger partial charge in [0.15, 0.2) is 0 Å². The summed E-state index contributed by atoms with van der Waals surface area (Å²) < 4.78 is 14.7. The number of fused-ring (bicyclic) bond motifs is 1. The summed E-state index contributed by atoms with van der Waals surface area (Å²) in [4.78, 5) is 0. The molecule has 0 amide bonds. The molecule has 2 unspecified atom stereocenters. The Morgan fingerprint density at radius 2 is 2.05 bits per heavy atom. The topological polar surface area (TPSA) is 44.0 Å². The number of hydrogen-bond donors (Lipinski definition) is 1. The van der Waals surface area contributed by atoms with Crippen LogP contribution in [0.4, 0.5) is 4.39 Å². The number of benzene rings is 2. The van der Waals surface area contributed by atoms with Crippen molar-refractivity contribution in [2.24, 2.45) is 0 Å². The lowest BCUT2D eigenvalue weighted by Crippen LogP contribution is -2.30. The quantitative estimate of drug-likeness (QED) is 0.892. The zero-order valence-electron chi connectivity index (χ0n) is 11.2. The summed E-state index contributed by atoms with van der Waals surface area (Å²) in [7, 11) is 0. The highest BCUT2D eigenvalue weighted by atomic mass is 79.9. The number of aliphatic hydroxyl groups is 1. The smallest absolute Gasteiger partial charge is 0.130 e. The van der Waals surface area contributed by atoms with E-state index in [4.69, 9.17) is 0 Å². The fraction of sp³-hybridized carbons (Fsp3) is 0.235. The lowest BCUT2D eigenvalue weighted by Gasteiger charge is -2.29. The highest BCUT2D eigenvalue weighted by Crippen LogP contribution is 2.47. The van der Waals surface area contributed by atoms with E-state index in [1.165, 1.54) is 12.1 Å². The highest BCUT2D eigenvalue weighted by Gasteiger charge is 2.46. The highest BCUT2D eigenvalue weighted by molar-refractivity contribution is 9.10. The van der Waals surface area contributed by atoms with Crippen molar-refractivity contribution in [1.82, 2.24) is 0 Å². The van der Waals surface area contributed by atoms with Gasteiger partial charge in [0.05, 0.1) is 6.07 Å². The molecule has 3 rings (SSSR count). The van der Waals surface area contributed by atoms with Gasteiger partial charge in [-0.3, -0.25) is 0 Å². The summed E-state index contributed by atoms with van der Waals surface area (Å²) in [5, 5.41) is 20.4. The molecule has 1 aliphatic rings. The van der Waals surface area contributed by atoms with Gasteiger partial charge in [0.2, 0.25) is 0 Å². The molecule has 2 aromatic rings. The van der Waals surface area contributed by atoms with E-state index >= 15 is 0 Å². The van der Waals surface area contributed by atoms with Crippen LogP contribution in [0.5, 0.6) is 0 Å². The van der Waals surface area contributed by atoms with Crippen molar-refractivity contribution in [3.05, 3.63) is 69.4 Å². The van der Waals surface area contributed by atoms with Crippen LogP contribution in [0, 0.1) is 17.1 Å². The van der Waals surface area contributed by atoms with Crippen molar-refractivity contribution < 1.29 is 9.50 Å². The van der Waals surface area contributed by atoms with Crippen molar-refractivity contribution in [2.75, 3.05) is 0 Å². The molecule has 0 saturated heterocycles. The van der Waals surface area contributed by atoms with Crippen molar-refractivity contribution >= 4 is 15.9 Å². The van der Waals surface area contributed by atoms with Crippen LogP contribution in [-0.2, 0) is 11.8 Å². The predicted molar refractivity (Wildman–Crippen MR) is 81.1 cm³/mol. The Hall–Kier alpha value is -1.70. The van der Waals surface area contributed by atoms with Gasteiger partial charge in [0.1, 0.15) is 17.3 Å². The fourth-order valence-corrected chi connectivity index (χ4v) is 3.42. The van der Waals surface area contributed by atoms with Gasteiger partial charge in [0, 0.05) is 10.0 Å². The Morgan fingerprint density at radius 3 is 2.76 bits per heavy atom. The molecule has 106 valence electrons. The number of aryl methyl sites for hydroxylation is 1. The molecule has 2 atom stereocenters. The molecule has 1 N–H and O–H groups in total. The van der Waals surface area contributed by atoms with E-state index in [1.807, 2.05) is 24.3 Å². The lowest BCUT2D eigenvalue weighted by atomic mass is 9.75. The van der Waals surface area contributed by atoms with Gasteiger partial charge in [-0.15, -0.1) is 0 Å². The molecule has 1 aliphatic carbocycles. The summed E-state index contributed by atoms with van der Waals surface area (Å²) in [5.41, 5.74) is 0.944. The molecule has 2 nitrogen and oxygen atoms in total. The van der Waals surface area contributed by atoms with Crippen LogP contribution in [0.1, 0.15) is 29.2 Å². The first-order valence-corrected chi connectivity index (χ1v) is 7.50. The molecule has 4 heteroatoms. The van der Waals surface area contributed by atoms with Crippen molar-refractivity contribution in [3.8, 4) is 6.07 Å². The standard InChI is InChI=1S/C17H13BrFNO/c18-12-5-6-13(15(19)9-12)16(21)17(10-20)8-7-11-3-1-2-4-14(11)17/h1-6,9,16,21H,7-8H2. The van der Waals surface area contributed by atoms with E-state index in [9.17, 15) is 14.8 Å². The largest absolute Gasteiger partial charge is 0.386 e. The minimum atomic E-state index is -1.18. The number of halogens is 2. The molecule has 0 aliphatic heterocycles. The predicted octanol–water partition coefficient (Wildman–Crippen LogP) is 4.03. The van der Waals surface area contributed by atoms with Crippen molar-refractivity contribution in [2.45, 2.75) is 24.4 Å². The first kappa shape index (κ1) is 14.2. The molecular weight excluding hydrogens is 333 g/mol. The molecule has 0 radical (unpaired) electrons. The third-order valence-electron chi connectivity index (χ3n) is 4.21. The number of nitrogens with zero attached hydrogens (tertiary/aromatic N) is 1. The first-order valence-electron chi connectivity index (χ1n) is 6.71. The van der Waals surface area contributed by atoms with Gasteiger partial charge < -0.3 is 5.11 Å². The van der Waals surface area contributed by atoms with Crippen LogP contribution in [0.15, 0.2) is 46.9 Å². The molecule has 0 bridgehead atoms. The third-order valence-corrected chi connectivity index (χ3v) is 4.70. The molecule has 0 aromatic heterocycles. The maximum atomic E-state index is 14.1. The van der Waals surface area contributed by atoms with E-state index in [0.717, 1.165) is 17.5 Å². The van der Waals surface area contributed by atoms with Gasteiger partial charge in [-0.1, -0.05) is 46.3 Å². The van der Waals surface area contributed by atoms with Crippen LogP contribution >= 0.6 is 15.9 Å². The number of hydrogen-bond acceptors (Lipinski definition) is 2. The Labute approximate surface area is 131 Å². The summed E-state index contributed by atoms with van der Waals surface area (Å²) in [6.07, 6.45) is 0.0394. The molecule has 0 spiro atoms. The third kappa shape index (κ3) is 2.17. The zero-order valence-corrected chi connectivity index (χ0v) is 12.8. The maximum Gasteiger partial charge on any atom is 0.130 e. The second-order valence-electron chi connectivity index (χ2n) is 5.31. The van der Waals surface area contributed by atoms with E-state index in [-0.39, 0.29) is 5.56 Å². The Kier molecular flexibility index (Phi) is 3.56. The molecule has 0 heterocycles. The van der Waals surface area contributed by atoms with Crippen LogP contribution in [0.3, 0.4) is 0 Å². The Balaban J connectivity index is 2.11. The maximum absolute atomic E-state index is 14.1. The van der Waals surface area contributed by atoms with Gasteiger partial charge in [-0.05, 0) is 36.1 Å². The monoisotopic (exact) mass is 345 g/mol. The fourth-order valence-electron chi connectivity index (χ4n) is 3.09. The molecule has 2 aromatic carbocycles. The van der Waals surface area contributed by atoms with Crippen LogP contribution in [0.25, 0.3) is 0 Å². The van der Waals surface area contributed by atoms with E-state index in [2.05, 4.69) is 22.0 Å². The normalized spacial score (nSPS) is 21.6.